The first-order chi connectivity index (χ1) is 9.33. The summed E-state index contributed by atoms with van der Waals surface area (Å²) in [5, 5.41) is 2.64. The number of benzene rings is 1. The molecule has 0 bridgehead atoms. The number of rotatable bonds is 3. The standard InChI is InChI=1S/C15H21F3N2/c1-11-4-3-5-14(7-11)20-8-12(2)6-13(9-20)19-10-15(16,17)18/h3-5,7,12-13,19H,6,8-10H2,1-2H3. The molecule has 0 spiro atoms. The van der Waals surface area contributed by atoms with Gasteiger partial charge in [0.05, 0.1) is 6.54 Å². The van der Waals surface area contributed by atoms with Crippen molar-refractivity contribution in [2.45, 2.75) is 32.5 Å². The van der Waals surface area contributed by atoms with Crippen LogP contribution in [0.15, 0.2) is 24.3 Å². The van der Waals surface area contributed by atoms with Crippen LogP contribution in [-0.4, -0.2) is 31.9 Å². The minimum absolute atomic E-state index is 0.110. The molecule has 0 saturated carbocycles. The van der Waals surface area contributed by atoms with E-state index in [0.717, 1.165) is 18.7 Å². The van der Waals surface area contributed by atoms with Gasteiger partial charge in [0.1, 0.15) is 0 Å². The van der Waals surface area contributed by atoms with Gasteiger partial charge in [0.15, 0.2) is 0 Å². The molecule has 0 amide bonds. The summed E-state index contributed by atoms with van der Waals surface area (Å²) in [7, 11) is 0. The highest BCUT2D eigenvalue weighted by atomic mass is 19.4. The lowest BCUT2D eigenvalue weighted by Gasteiger charge is -2.38. The molecule has 1 fully saturated rings. The largest absolute Gasteiger partial charge is 0.401 e. The monoisotopic (exact) mass is 286 g/mol. The first-order valence-electron chi connectivity index (χ1n) is 6.95. The summed E-state index contributed by atoms with van der Waals surface area (Å²) in [6.07, 6.45) is -3.35. The second-order valence-electron chi connectivity index (χ2n) is 5.78. The van der Waals surface area contributed by atoms with Crippen LogP contribution >= 0.6 is 0 Å². The summed E-state index contributed by atoms with van der Waals surface area (Å²) in [4.78, 5) is 2.18. The molecule has 20 heavy (non-hydrogen) atoms. The molecule has 0 aliphatic carbocycles. The minimum atomic E-state index is -4.14. The van der Waals surface area contributed by atoms with Crippen LogP contribution in [-0.2, 0) is 0 Å². The van der Waals surface area contributed by atoms with Crippen LogP contribution in [0.3, 0.4) is 0 Å². The number of aryl methyl sites for hydroxylation is 1. The van der Waals surface area contributed by atoms with E-state index >= 15 is 0 Å². The average molecular weight is 286 g/mol. The zero-order valence-corrected chi connectivity index (χ0v) is 11.9. The van der Waals surface area contributed by atoms with Crippen LogP contribution in [0.1, 0.15) is 18.9 Å². The molecule has 2 nitrogen and oxygen atoms in total. The number of anilines is 1. The maximum atomic E-state index is 12.3. The van der Waals surface area contributed by atoms with E-state index in [0.29, 0.717) is 12.5 Å². The van der Waals surface area contributed by atoms with E-state index in [1.54, 1.807) is 0 Å². The van der Waals surface area contributed by atoms with E-state index in [-0.39, 0.29) is 6.04 Å². The minimum Gasteiger partial charge on any atom is -0.370 e. The highest BCUT2D eigenvalue weighted by Gasteiger charge is 2.31. The summed E-state index contributed by atoms with van der Waals surface area (Å²) in [6.45, 7) is 4.73. The SMILES string of the molecule is Cc1cccc(N2CC(C)CC(NCC(F)(F)F)C2)c1. The Hall–Kier alpha value is -1.23. The van der Waals surface area contributed by atoms with Crippen LogP contribution < -0.4 is 10.2 Å². The molecule has 0 aromatic heterocycles. The fraction of sp³-hybridized carbons (Fsp3) is 0.600. The number of nitrogens with zero attached hydrogens (tertiary/aromatic N) is 1. The topological polar surface area (TPSA) is 15.3 Å². The fourth-order valence-electron chi connectivity index (χ4n) is 2.79. The first-order valence-corrected chi connectivity index (χ1v) is 6.95. The van der Waals surface area contributed by atoms with E-state index < -0.39 is 12.7 Å². The van der Waals surface area contributed by atoms with Gasteiger partial charge < -0.3 is 10.2 Å². The number of halogens is 3. The molecule has 2 atom stereocenters. The zero-order chi connectivity index (χ0) is 14.8. The van der Waals surface area contributed by atoms with Crippen LogP contribution in [0.4, 0.5) is 18.9 Å². The predicted octanol–water partition coefficient (Wildman–Crippen LogP) is 3.36. The Balaban J connectivity index is 2.01. The van der Waals surface area contributed by atoms with Crippen molar-refractivity contribution in [2.75, 3.05) is 24.5 Å². The molecule has 5 heteroatoms. The Kier molecular flexibility index (Phi) is 4.58. The van der Waals surface area contributed by atoms with Gasteiger partial charge in [0.25, 0.3) is 0 Å². The molecule has 0 radical (unpaired) electrons. The van der Waals surface area contributed by atoms with Crippen molar-refractivity contribution in [1.82, 2.24) is 5.32 Å². The van der Waals surface area contributed by atoms with E-state index in [1.165, 1.54) is 5.56 Å². The Morgan fingerprint density at radius 2 is 2.05 bits per heavy atom. The maximum Gasteiger partial charge on any atom is 0.401 e. The van der Waals surface area contributed by atoms with Crippen LogP contribution in [0, 0.1) is 12.8 Å². The van der Waals surface area contributed by atoms with E-state index in [9.17, 15) is 13.2 Å². The predicted molar refractivity (Wildman–Crippen MR) is 75.0 cm³/mol. The number of nitrogens with one attached hydrogen (secondary N) is 1. The summed E-state index contributed by atoms with van der Waals surface area (Å²) in [5.41, 5.74) is 2.26. The lowest BCUT2D eigenvalue weighted by molar-refractivity contribution is -0.126. The van der Waals surface area contributed by atoms with Crippen LogP contribution in [0.25, 0.3) is 0 Å². The molecule has 2 unspecified atom stereocenters. The fourth-order valence-corrected chi connectivity index (χ4v) is 2.79. The third kappa shape index (κ3) is 4.40. The van der Waals surface area contributed by atoms with Crippen molar-refractivity contribution < 1.29 is 13.2 Å². The second-order valence-corrected chi connectivity index (χ2v) is 5.78. The maximum absolute atomic E-state index is 12.3. The van der Waals surface area contributed by atoms with Crippen LogP contribution in [0.5, 0.6) is 0 Å². The molecule has 1 heterocycles. The molecule has 1 N–H and O–H groups in total. The van der Waals surface area contributed by atoms with Crippen molar-refractivity contribution in [2.24, 2.45) is 5.92 Å². The normalized spacial score (nSPS) is 23.9. The number of piperidine rings is 1. The highest BCUT2D eigenvalue weighted by molar-refractivity contribution is 5.49. The number of alkyl halides is 3. The van der Waals surface area contributed by atoms with Crippen molar-refractivity contribution in [3.63, 3.8) is 0 Å². The average Bonchev–Trinajstić information content (AvgIpc) is 2.35. The lowest BCUT2D eigenvalue weighted by atomic mass is 9.95. The summed E-state index contributed by atoms with van der Waals surface area (Å²) < 4.78 is 36.9. The molecule has 112 valence electrons. The molecular formula is C15H21F3N2. The third-order valence-electron chi connectivity index (χ3n) is 3.62. The Morgan fingerprint density at radius 3 is 2.70 bits per heavy atom. The van der Waals surface area contributed by atoms with Crippen molar-refractivity contribution >= 4 is 5.69 Å². The van der Waals surface area contributed by atoms with Gasteiger partial charge in [-0.05, 0) is 37.0 Å². The van der Waals surface area contributed by atoms with Gasteiger partial charge in [0, 0.05) is 24.8 Å². The van der Waals surface area contributed by atoms with Gasteiger partial charge in [-0.2, -0.15) is 13.2 Å². The van der Waals surface area contributed by atoms with Crippen LogP contribution in [0.2, 0.25) is 0 Å². The van der Waals surface area contributed by atoms with Crippen molar-refractivity contribution in [1.29, 1.82) is 0 Å². The summed E-state index contributed by atoms with van der Waals surface area (Å²) >= 11 is 0. The molecule has 2 rings (SSSR count). The Bertz CT molecular complexity index is 445. The third-order valence-corrected chi connectivity index (χ3v) is 3.62. The molecule has 1 aromatic carbocycles. The van der Waals surface area contributed by atoms with Gasteiger partial charge in [-0.3, -0.25) is 0 Å². The van der Waals surface area contributed by atoms with Crippen molar-refractivity contribution in [3.05, 3.63) is 29.8 Å². The smallest absolute Gasteiger partial charge is 0.370 e. The Labute approximate surface area is 118 Å². The number of hydrogen-bond acceptors (Lipinski definition) is 2. The Morgan fingerprint density at radius 1 is 1.30 bits per heavy atom. The molecular weight excluding hydrogens is 265 g/mol. The molecule has 1 saturated heterocycles. The van der Waals surface area contributed by atoms with Crippen molar-refractivity contribution in [3.8, 4) is 0 Å². The highest BCUT2D eigenvalue weighted by Crippen LogP contribution is 2.24. The van der Waals surface area contributed by atoms with Gasteiger partial charge in [-0.1, -0.05) is 19.1 Å². The van der Waals surface area contributed by atoms with Gasteiger partial charge in [-0.25, -0.2) is 0 Å². The van der Waals surface area contributed by atoms with E-state index in [1.807, 2.05) is 25.1 Å². The van der Waals surface area contributed by atoms with Gasteiger partial charge in [-0.15, -0.1) is 0 Å². The van der Waals surface area contributed by atoms with E-state index in [4.69, 9.17) is 0 Å². The summed E-state index contributed by atoms with van der Waals surface area (Å²) in [5.74, 6) is 0.384. The first kappa shape index (κ1) is 15.2. The molecule has 1 aromatic rings. The summed E-state index contributed by atoms with van der Waals surface area (Å²) in [6, 6.07) is 8.00. The second kappa shape index (κ2) is 6.04. The van der Waals surface area contributed by atoms with Gasteiger partial charge in [0.2, 0.25) is 0 Å². The molecule has 1 aliphatic heterocycles. The zero-order valence-electron chi connectivity index (χ0n) is 11.9. The quantitative estimate of drug-likeness (QED) is 0.916. The van der Waals surface area contributed by atoms with Gasteiger partial charge >= 0.3 is 6.18 Å². The number of hydrogen-bond donors (Lipinski definition) is 1. The van der Waals surface area contributed by atoms with E-state index in [2.05, 4.69) is 23.2 Å². The lowest BCUT2D eigenvalue weighted by Crippen LogP contribution is -2.50. The molecule has 1 aliphatic rings.